The minimum Gasteiger partial charge on any atom is -0.479 e. The van der Waals surface area contributed by atoms with Crippen molar-refractivity contribution < 1.29 is 19.4 Å². The Morgan fingerprint density at radius 3 is 2.67 bits per heavy atom. The molecular formula is C16H18ClN3O4. The van der Waals surface area contributed by atoms with E-state index in [0.717, 1.165) is 0 Å². The van der Waals surface area contributed by atoms with E-state index in [-0.39, 0.29) is 12.3 Å². The number of para-hydroxylation sites is 1. The van der Waals surface area contributed by atoms with Crippen molar-refractivity contribution in [3.8, 4) is 5.69 Å². The predicted molar refractivity (Wildman–Crippen MR) is 88.7 cm³/mol. The van der Waals surface area contributed by atoms with Crippen molar-refractivity contribution in [2.45, 2.75) is 19.4 Å². The van der Waals surface area contributed by atoms with Gasteiger partial charge in [0.15, 0.2) is 11.2 Å². The molecule has 2 aromatic rings. The summed E-state index contributed by atoms with van der Waals surface area (Å²) in [6.07, 6.45) is 0. The summed E-state index contributed by atoms with van der Waals surface area (Å²) >= 11 is 6.15. The minimum atomic E-state index is -1.55. The highest BCUT2D eigenvalue weighted by atomic mass is 35.5. The lowest BCUT2D eigenvalue weighted by atomic mass is 10.0. The number of amides is 1. The maximum atomic E-state index is 12.4. The number of carbonyl (C=O) groups is 2. The summed E-state index contributed by atoms with van der Waals surface area (Å²) in [6.45, 7) is 2.98. The Bertz CT molecular complexity index is 774. The van der Waals surface area contributed by atoms with Crippen LogP contribution < -0.4 is 5.32 Å². The number of nitrogens with zero attached hydrogens (tertiary/aromatic N) is 2. The summed E-state index contributed by atoms with van der Waals surface area (Å²) in [4.78, 5) is 23.8. The molecule has 2 rings (SSSR count). The topological polar surface area (TPSA) is 93.5 Å². The Labute approximate surface area is 144 Å². The largest absolute Gasteiger partial charge is 0.479 e. The van der Waals surface area contributed by atoms with E-state index in [0.29, 0.717) is 16.4 Å². The van der Waals surface area contributed by atoms with E-state index >= 15 is 0 Å². The van der Waals surface area contributed by atoms with E-state index in [2.05, 4.69) is 10.4 Å². The Morgan fingerprint density at radius 1 is 1.42 bits per heavy atom. The lowest BCUT2D eigenvalue weighted by Gasteiger charge is -2.24. The van der Waals surface area contributed by atoms with Crippen LogP contribution in [0.3, 0.4) is 0 Å². The van der Waals surface area contributed by atoms with E-state index in [4.69, 9.17) is 16.3 Å². The number of hydrogen-bond acceptors (Lipinski definition) is 4. The summed E-state index contributed by atoms with van der Waals surface area (Å²) in [7, 11) is 1.36. The Hall–Kier alpha value is -2.38. The van der Waals surface area contributed by atoms with Crippen LogP contribution in [0.4, 0.5) is 0 Å². The highest BCUT2D eigenvalue weighted by Crippen LogP contribution is 2.21. The van der Waals surface area contributed by atoms with Crippen molar-refractivity contribution in [1.29, 1.82) is 0 Å². The predicted octanol–water partition coefficient (Wildman–Crippen LogP) is 2.05. The van der Waals surface area contributed by atoms with Crippen molar-refractivity contribution >= 4 is 23.5 Å². The van der Waals surface area contributed by atoms with Gasteiger partial charge in [-0.1, -0.05) is 23.7 Å². The average molecular weight is 352 g/mol. The molecule has 1 atom stereocenters. The molecule has 0 bridgehead atoms. The average Bonchev–Trinajstić information content (AvgIpc) is 2.90. The number of nitrogens with one attached hydrogen (secondary N) is 1. The molecule has 0 saturated heterocycles. The first-order valence-electron chi connectivity index (χ1n) is 7.15. The summed E-state index contributed by atoms with van der Waals surface area (Å²) in [5, 5.41) is 16.5. The lowest BCUT2D eigenvalue weighted by Crippen LogP contribution is -2.55. The number of carboxylic acids is 1. The fourth-order valence-electron chi connectivity index (χ4n) is 2.21. The molecule has 0 aliphatic heterocycles. The number of benzene rings is 1. The van der Waals surface area contributed by atoms with E-state index in [1.54, 1.807) is 31.2 Å². The van der Waals surface area contributed by atoms with Gasteiger partial charge >= 0.3 is 5.97 Å². The number of aryl methyl sites for hydroxylation is 1. The van der Waals surface area contributed by atoms with Crippen LogP contribution in [0.2, 0.25) is 5.02 Å². The Morgan fingerprint density at radius 2 is 2.08 bits per heavy atom. The minimum absolute atomic E-state index is 0.0935. The smallest absolute Gasteiger partial charge is 0.331 e. The summed E-state index contributed by atoms with van der Waals surface area (Å²) in [5.41, 5.74) is -0.130. The number of halogens is 1. The molecule has 0 fully saturated rings. The molecule has 24 heavy (non-hydrogen) atoms. The highest BCUT2D eigenvalue weighted by Gasteiger charge is 2.36. The van der Waals surface area contributed by atoms with Gasteiger partial charge in [0.2, 0.25) is 0 Å². The summed E-state index contributed by atoms with van der Waals surface area (Å²) in [6, 6.07) is 8.66. The van der Waals surface area contributed by atoms with Gasteiger partial charge in [0.25, 0.3) is 5.91 Å². The van der Waals surface area contributed by atoms with Crippen LogP contribution in [0, 0.1) is 6.92 Å². The van der Waals surface area contributed by atoms with Crippen LogP contribution in [0.25, 0.3) is 5.69 Å². The van der Waals surface area contributed by atoms with Crippen molar-refractivity contribution in [1.82, 2.24) is 15.1 Å². The molecule has 128 valence electrons. The first-order valence-corrected chi connectivity index (χ1v) is 7.52. The van der Waals surface area contributed by atoms with E-state index in [1.165, 1.54) is 18.7 Å². The summed E-state index contributed by atoms with van der Waals surface area (Å²) in [5.74, 6) is -1.80. The normalized spacial score (nSPS) is 13.3. The molecule has 2 N–H and O–H groups in total. The van der Waals surface area contributed by atoms with Crippen LogP contribution >= 0.6 is 11.6 Å². The lowest BCUT2D eigenvalue weighted by molar-refractivity contribution is -0.145. The van der Waals surface area contributed by atoms with E-state index in [1.807, 2.05) is 6.07 Å². The van der Waals surface area contributed by atoms with Crippen LogP contribution in [0.15, 0.2) is 30.3 Å². The number of carbonyl (C=O) groups excluding carboxylic acids is 1. The zero-order valence-corrected chi connectivity index (χ0v) is 14.3. The number of carboxylic acid groups (broad SMARTS) is 1. The molecule has 1 heterocycles. The fraction of sp³-hybridized carbons (Fsp3) is 0.312. The SMILES string of the molecule is COCC(C)(NC(=O)c1cc(C)n(-c2ccccc2Cl)n1)C(=O)O. The number of ether oxygens (including phenoxy) is 1. The molecule has 0 saturated carbocycles. The number of aromatic nitrogens is 2. The second-order valence-electron chi connectivity index (χ2n) is 5.56. The molecule has 0 aliphatic carbocycles. The Kier molecular flexibility index (Phi) is 5.26. The highest BCUT2D eigenvalue weighted by molar-refractivity contribution is 6.32. The fourth-order valence-corrected chi connectivity index (χ4v) is 2.42. The Balaban J connectivity index is 2.31. The van der Waals surface area contributed by atoms with Gasteiger partial charge in [0.05, 0.1) is 17.3 Å². The zero-order valence-electron chi connectivity index (χ0n) is 13.5. The number of rotatable bonds is 6. The van der Waals surface area contributed by atoms with Crippen molar-refractivity contribution in [3.63, 3.8) is 0 Å². The van der Waals surface area contributed by atoms with Gasteiger partial charge < -0.3 is 15.2 Å². The van der Waals surface area contributed by atoms with Crippen molar-refractivity contribution in [2.24, 2.45) is 0 Å². The number of aliphatic carboxylic acids is 1. The molecule has 0 aliphatic rings. The third kappa shape index (κ3) is 3.58. The third-order valence-electron chi connectivity index (χ3n) is 3.50. The van der Waals surface area contributed by atoms with E-state index < -0.39 is 17.4 Å². The second kappa shape index (κ2) is 7.02. The van der Waals surface area contributed by atoms with E-state index in [9.17, 15) is 14.7 Å². The maximum absolute atomic E-state index is 12.4. The van der Waals surface area contributed by atoms with Crippen LogP contribution in [0.5, 0.6) is 0 Å². The first kappa shape index (κ1) is 18.0. The van der Waals surface area contributed by atoms with Gasteiger partial charge in [-0.2, -0.15) is 5.10 Å². The first-order chi connectivity index (χ1) is 11.3. The molecule has 1 aromatic carbocycles. The van der Waals surface area contributed by atoms with Gasteiger partial charge in [-0.05, 0) is 32.0 Å². The molecule has 1 unspecified atom stereocenters. The number of hydrogen-bond donors (Lipinski definition) is 2. The zero-order chi connectivity index (χ0) is 17.9. The third-order valence-corrected chi connectivity index (χ3v) is 3.81. The number of methoxy groups -OCH3 is 1. The van der Waals surface area contributed by atoms with Crippen LogP contribution in [-0.2, 0) is 9.53 Å². The monoisotopic (exact) mass is 351 g/mol. The quantitative estimate of drug-likeness (QED) is 0.830. The van der Waals surface area contributed by atoms with Gasteiger partial charge in [0.1, 0.15) is 0 Å². The standard InChI is InChI=1S/C16H18ClN3O4/c1-10-8-12(14(21)18-16(2,9-24-3)15(22)23)19-20(10)13-7-5-4-6-11(13)17/h4-8H,9H2,1-3H3,(H,18,21)(H,22,23). The molecule has 7 nitrogen and oxygen atoms in total. The molecule has 1 aromatic heterocycles. The molecule has 0 spiro atoms. The van der Waals surface area contributed by atoms with Crippen LogP contribution in [0.1, 0.15) is 23.1 Å². The van der Waals surface area contributed by atoms with Gasteiger partial charge in [0, 0.05) is 12.8 Å². The molecular weight excluding hydrogens is 334 g/mol. The van der Waals surface area contributed by atoms with Gasteiger partial charge in [-0.25, -0.2) is 9.48 Å². The van der Waals surface area contributed by atoms with Crippen LogP contribution in [-0.4, -0.2) is 46.0 Å². The molecule has 8 heteroatoms. The molecule has 0 radical (unpaired) electrons. The van der Waals surface area contributed by atoms with Crippen molar-refractivity contribution in [2.75, 3.05) is 13.7 Å². The molecule has 1 amide bonds. The van der Waals surface area contributed by atoms with Crippen molar-refractivity contribution in [3.05, 3.63) is 46.7 Å². The second-order valence-corrected chi connectivity index (χ2v) is 5.97. The van der Waals surface area contributed by atoms with Gasteiger partial charge in [-0.15, -0.1) is 0 Å². The maximum Gasteiger partial charge on any atom is 0.331 e. The summed E-state index contributed by atoms with van der Waals surface area (Å²) < 4.78 is 6.41. The van der Waals surface area contributed by atoms with Gasteiger partial charge in [-0.3, -0.25) is 4.79 Å².